The van der Waals surface area contributed by atoms with Crippen LogP contribution >= 0.6 is 0 Å². The van der Waals surface area contributed by atoms with Gasteiger partial charge in [0.25, 0.3) is 0 Å². The third kappa shape index (κ3) is 8.01. The smallest absolute Gasteiger partial charge is 0.878 e. The van der Waals surface area contributed by atoms with Gasteiger partial charge in [0.1, 0.15) is 0 Å². The quantitative estimate of drug-likeness (QED) is 0.172. The van der Waals surface area contributed by atoms with Crippen LogP contribution in [-0.2, 0) is 9.53 Å². The van der Waals surface area contributed by atoms with Crippen LogP contribution in [-0.4, -0.2) is 12.6 Å². The Hall–Kier alpha value is 0.0100. The van der Waals surface area contributed by atoms with Crippen LogP contribution in [0.5, 0.6) is 0 Å². The fourth-order valence-corrected chi connectivity index (χ4v) is 0.246. The second-order valence-corrected chi connectivity index (χ2v) is 1.05. The predicted octanol–water partition coefficient (Wildman–Crippen LogP) is -3.57. The zero-order valence-electron chi connectivity index (χ0n) is 5.59. The minimum Gasteiger partial charge on any atom is -0.878 e. The predicted molar refractivity (Wildman–Crippen MR) is 25.8 cm³/mol. The van der Waals surface area contributed by atoms with Crippen molar-refractivity contribution in [3.8, 4) is 0 Å². The van der Waals surface area contributed by atoms with Crippen molar-refractivity contribution >= 4 is 5.97 Å². The molecule has 0 aromatic heterocycles. The summed E-state index contributed by atoms with van der Waals surface area (Å²) < 4.78 is 4.36. The molecule has 0 aromatic carbocycles. The molecule has 0 bridgehead atoms. The molecule has 0 amide bonds. The molecular weight excluding hydrogens is 131 g/mol. The standard InChI is InChI=1S/C5H8O3.Na/c1-2-8-5(7)3-4-6;/h3-4,6H,2H2,1H3;/q;+1/p-1. The molecule has 0 aliphatic carbocycles. The van der Waals surface area contributed by atoms with E-state index in [0.717, 1.165) is 6.08 Å². The molecule has 0 aromatic rings. The number of carbonyl (C=O) groups is 1. The van der Waals surface area contributed by atoms with Crippen molar-refractivity contribution in [1.82, 2.24) is 0 Å². The molecule has 0 fully saturated rings. The summed E-state index contributed by atoms with van der Waals surface area (Å²) in [5.74, 6) is -0.581. The molecule has 3 nitrogen and oxygen atoms in total. The normalized spacial score (nSPS) is 8.56. The van der Waals surface area contributed by atoms with Crippen LogP contribution in [0.15, 0.2) is 12.3 Å². The van der Waals surface area contributed by atoms with Crippen molar-refractivity contribution in [2.24, 2.45) is 0 Å². The van der Waals surface area contributed by atoms with E-state index >= 15 is 0 Å². The third-order valence-corrected chi connectivity index (χ3v) is 0.491. The van der Waals surface area contributed by atoms with Crippen LogP contribution in [0.4, 0.5) is 0 Å². The van der Waals surface area contributed by atoms with E-state index in [1.165, 1.54) is 0 Å². The number of rotatable bonds is 2. The van der Waals surface area contributed by atoms with E-state index in [1.54, 1.807) is 6.92 Å². The topological polar surface area (TPSA) is 49.4 Å². The molecule has 4 heteroatoms. The Morgan fingerprint density at radius 3 is 2.67 bits per heavy atom. The fraction of sp³-hybridized carbons (Fsp3) is 0.400. The van der Waals surface area contributed by atoms with Gasteiger partial charge >= 0.3 is 35.5 Å². The van der Waals surface area contributed by atoms with Gasteiger partial charge in [0.2, 0.25) is 0 Å². The number of ether oxygens (including phenoxy) is 1. The summed E-state index contributed by atoms with van der Waals surface area (Å²) in [6, 6.07) is 0. The van der Waals surface area contributed by atoms with E-state index in [-0.39, 0.29) is 29.6 Å². The zero-order valence-corrected chi connectivity index (χ0v) is 7.59. The van der Waals surface area contributed by atoms with E-state index in [2.05, 4.69) is 4.74 Å². The van der Waals surface area contributed by atoms with Gasteiger partial charge in [-0.05, 0) is 6.92 Å². The monoisotopic (exact) mass is 138 g/mol. The van der Waals surface area contributed by atoms with Gasteiger partial charge in [0.15, 0.2) is 0 Å². The first-order valence-electron chi connectivity index (χ1n) is 2.26. The second-order valence-electron chi connectivity index (χ2n) is 1.05. The van der Waals surface area contributed by atoms with E-state index < -0.39 is 5.97 Å². The Labute approximate surface area is 76.0 Å². The molecule has 0 aliphatic heterocycles. The van der Waals surface area contributed by atoms with E-state index in [4.69, 9.17) is 0 Å². The Balaban J connectivity index is 0. The fourth-order valence-electron chi connectivity index (χ4n) is 0.246. The van der Waals surface area contributed by atoms with Gasteiger partial charge in [-0.3, -0.25) is 0 Å². The number of hydrogen-bond acceptors (Lipinski definition) is 3. The molecule has 0 radical (unpaired) electrons. The van der Waals surface area contributed by atoms with Crippen molar-refractivity contribution in [1.29, 1.82) is 0 Å². The summed E-state index contributed by atoms with van der Waals surface area (Å²) in [4.78, 5) is 10.1. The summed E-state index contributed by atoms with van der Waals surface area (Å²) in [7, 11) is 0. The zero-order chi connectivity index (χ0) is 6.41. The van der Waals surface area contributed by atoms with Crippen molar-refractivity contribution in [2.75, 3.05) is 6.61 Å². The second kappa shape index (κ2) is 8.01. The molecule has 0 N–H and O–H groups in total. The van der Waals surface area contributed by atoms with Crippen LogP contribution in [0, 0.1) is 0 Å². The molecule has 0 atom stereocenters. The van der Waals surface area contributed by atoms with Crippen LogP contribution in [0.2, 0.25) is 0 Å². The van der Waals surface area contributed by atoms with Gasteiger partial charge in [-0.15, -0.1) is 6.26 Å². The van der Waals surface area contributed by atoms with Crippen molar-refractivity contribution in [3.05, 3.63) is 12.3 Å². The first-order chi connectivity index (χ1) is 3.81. The van der Waals surface area contributed by atoms with E-state index in [0.29, 0.717) is 12.9 Å². The number of hydrogen-bond donors (Lipinski definition) is 0. The van der Waals surface area contributed by atoms with Crippen molar-refractivity contribution in [3.63, 3.8) is 0 Å². The molecule has 0 saturated carbocycles. The Kier molecular flexibility index (Phi) is 10.5. The summed E-state index contributed by atoms with van der Waals surface area (Å²) in [5, 5.41) is 9.53. The number of carbonyl (C=O) groups excluding carboxylic acids is 1. The first-order valence-corrected chi connectivity index (χ1v) is 2.26. The van der Waals surface area contributed by atoms with E-state index in [1.807, 2.05) is 0 Å². The van der Waals surface area contributed by atoms with Crippen LogP contribution in [0.3, 0.4) is 0 Å². The maximum Gasteiger partial charge on any atom is 1.00 e. The summed E-state index contributed by atoms with van der Waals surface area (Å²) >= 11 is 0. The maximum absolute atomic E-state index is 10.1. The summed E-state index contributed by atoms with van der Waals surface area (Å²) in [6.45, 7) is 1.99. The molecule has 0 rings (SSSR count). The SMILES string of the molecule is CCOC(=O)C=C[O-].[Na+]. The van der Waals surface area contributed by atoms with Crippen molar-refractivity contribution in [2.45, 2.75) is 6.92 Å². The van der Waals surface area contributed by atoms with Crippen LogP contribution in [0.1, 0.15) is 6.92 Å². The van der Waals surface area contributed by atoms with Crippen molar-refractivity contribution < 1.29 is 44.2 Å². The third-order valence-electron chi connectivity index (χ3n) is 0.491. The molecule has 0 aliphatic rings. The Morgan fingerprint density at radius 1 is 1.78 bits per heavy atom. The average Bonchev–Trinajstić information content (AvgIpc) is 1.68. The van der Waals surface area contributed by atoms with Crippen LogP contribution in [0.25, 0.3) is 0 Å². The minimum atomic E-state index is -0.581. The minimum absolute atomic E-state index is 0. The van der Waals surface area contributed by atoms with Gasteiger partial charge in [-0.25, -0.2) is 4.79 Å². The largest absolute Gasteiger partial charge is 1.00 e. The van der Waals surface area contributed by atoms with E-state index in [9.17, 15) is 9.90 Å². The van der Waals surface area contributed by atoms with Gasteiger partial charge in [-0.2, -0.15) is 0 Å². The molecule has 0 heterocycles. The van der Waals surface area contributed by atoms with Gasteiger partial charge in [0.05, 0.1) is 6.61 Å². The van der Waals surface area contributed by atoms with Gasteiger partial charge in [0, 0.05) is 6.08 Å². The maximum atomic E-state index is 10.1. The molecule has 0 saturated heterocycles. The van der Waals surface area contributed by atoms with Gasteiger partial charge < -0.3 is 9.84 Å². The summed E-state index contributed by atoms with van der Waals surface area (Å²) in [5.41, 5.74) is 0. The van der Waals surface area contributed by atoms with Crippen LogP contribution < -0.4 is 34.7 Å². The van der Waals surface area contributed by atoms with Gasteiger partial charge in [-0.1, -0.05) is 0 Å². The first kappa shape index (κ1) is 11.8. The number of esters is 1. The molecule has 9 heavy (non-hydrogen) atoms. The molecule has 46 valence electrons. The average molecular weight is 138 g/mol. The Morgan fingerprint density at radius 2 is 2.33 bits per heavy atom. The summed E-state index contributed by atoms with van der Waals surface area (Å²) in [6.07, 6.45) is 1.24. The Bertz CT molecular complexity index is 100. The molecule has 0 spiro atoms. The molecular formula is C5H7NaO3. The molecule has 0 unspecified atom stereocenters.